The summed E-state index contributed by atoms with van der Waals surface area (Å²) in [6.07, 6.45) is 1.40. The fourth-order valence-electron chi connectivity index (χ4n) is 1.98. The highest BCUT2D eigenvalue weighted by molar-refractivity contribution is 7.89. The standard InChI is InChI=1S/C14H23FN2O2S/c1-12(13-8-4-5-9-14(13)15)17(3)20(18,19)11-7-6-10-16-2/h4-5,8-9,12,16H,6-7,10-11H2,1-3H3. The molecular weight excluding hydrogens is 279 g/mol. The van der Waals surface area contributed by atoms with E-state index in [0.29, 0.717) is 12.0 Å². The minimum absolute atomic E-state index is 0.0873. The summed E-state index contributed by atoms with van der Waals surface area (Å²) >= 11 is 0. The average molecular weight is 302 g/mol. The normalized spacial score (nSPS) is 13.7. The van der Waals surface area contributed by atoms with E-state index < -0.39 is 16.1 Å². The Labute approximate surface area is 121 Å². The summed E-state index contributed by atoms with van der Waals surface area (Å²) in [6, 6.07) is 5.76. The van der Waals surface area contributed by atoms with Crippen molar-refractivity contribution < 1.29 is 12.8 Å². The van der Waals surface area contributed by atoms with Gasteiger partial charge in [-0.1, -0.05) is 18.2 Å². The monoisotopic (exact) mass is 302 g/mol. The van der Waals surface area contributed by atoms with Gasteiger partial charge in [-0.2, -0.15) is 4.31 Å². The summed E-state index contributed by atoms with van der Waals surface area (Å²) in [6.45, 7) is 2.49. The van der Waals surface area contributed by atoms with Gasteiger partial charge in [-0.25, -0.2) is 12.8 Å². The van der Waals surface area contributed by atoms with Crippen LogP contribution < -0.4 is 5.32 Å². The van der Waals surface area contributed by atoms with Crippen molar-refractivity contribution >= 4 is 10.0 Å². The zero-order chi connectivity index (χ0) is 15.2. The summed E-state index contributed by atoms with van der Waals surface area (Å²) in [4.78, 5) is 0. The molecule has 6 heteroatoms. The van der Waals surface area contributed by atoms with Gasteiger partial charge in [-0.3, -0.25) is 0 Å². The lowest BCUT2D eigenvalue weighted by Gasteiger charge is -2.25. The Balaban J connectivity index is 2.73. The fourth-order valence-corrected chi connectivity index (χ4v) is 3.43. The Morgan fingerprint density at radius 2 is 1.95 bits per heavy atom. The van der Waals surface area contributed by atoms with E-state index >= 15 is 0 Å². The first-order valence-electron chi connectivity index (χ1n) is 6.75. The molecule has 0 aliphatic rings. The van der Waals surface area contributed by atoms with Gasteiger partial charge in [-0.15, -0.1) is 0 Å². The Kier molecular flexibility index (Phi) is 6.58. The number of hydrogen-bond donors (Lipinski definition) is 1. The lowest BCUT2D eigenvalue weighted by atomic mass is 10.1. The smallest absolute Gasteiger partial charge is 0.214 e. The third-order valence-corrected chi connectivity index (χ3v) is 5.42. The van der Waals surface area contributed by atoms with Crippen LogP contribution in [0.3, 0.4) is 0 Å². The van der Waals surface area contributed by atoms with E-state index in [-0.39, 0.29) is 11.6 Å². The van der Waals surface area contributed by atoms with Crippen LogP contribution in [0.2, 0.25) is 0 Å². The van der Waals surface area contributed by atoms with E-state index in [2.05, 4.69) is 5.32 Å². The molecule has 0 spiro atoms. The van der Waals surface area contributed by atoms with Crippen molar-refractivity contribution in [3.05, 3.63) is 35.6 Å². The van der Waals surface area contributed by atoms with Crippen LogP contribution in [0.15, 0.2) is 24.3 Å². The third-order valence-electron chi connectivity index (χ3n) is 3.42. The molecule has 1 unspecified atom stereocenters. The first-order valence-corrected chi connectivity index (χ1v) is 8.36. The molecule has 0 heterocycles. The Morgan fingerprint density at radius 3 is 2.55 bits per heavy atom. The van der Waals surface area contributed by atoms with E-state index in [1.807, 2.05) is 7.05 Å². The van der Waals surface area contributed by atoms with Gasteiger partial charge < -0.3 is 5.32 Å². The highest BCUT2D eigenvalue weighted by atomic mass is 32.2. The number of sulfonamides is 1. The van der Waals surface area contributed by atoms with Gasteiger partial charge >= 0.3 is 0 Å². The highest BCUT2D eigenvalue weighted by Crippen LogP contribution is 2.24. The summed E-state index contributed by atoms with van der Waals surface area (Å²) < 4.78 is 39.4. The minimum atomic E-state index is -3.37. The van der Waals surface area contributed by atoms with Crippen LogP contribution in [0.25, 0.3) is 0 Å². The summed E-state index contributed by atoms with van der Waals surface area (Å²) in [7, 11) is -0.0273. The molecule has 20 heavy (non-hydrogen) atoms. The predicted octanol–water partition coefficient (Wildman–Crippen LogP) is 2.15. The molecule has 0 aliphatic heterocycles. The fraction of sp³-hybridized carbons (Fsp3) is 0.571. The molecule has 1 aromatic carbocycles. The lowest BCUT2D eigenvalue weighted by molar-refractivity contribution is 0.386. The van der Waals surface area contributed by atoms with Crippen LogP contribution in [0.5, 0.6) is 0 Å². The van der Waals surface area contributed by atoms with Gasteiger partial charge in [-0.05, 0) is 39.4 Å². The SMILES string of the molecule is CNCCCCS(=O)(=O)N(C)C(C)c1ccccc1F. The number of nitrogens with one attached hydrogen (secondary N) is 1. The topological polar surface area (TPSA) is 49.4 Å². The van der Waals surface area contributed by atoms with E-state index in [1.54, 1.807) is 25.1 Å². The molecule has 0 aliphatic carbocycles. The van der Waals surface area contributed by atoms with Crippen LogP contribution in [0.1, 0.15) is 31.4 Å². The molecule has 1 aromatic rings. The highest BCUT2D eigenvalue weighted by Gasteiger charge is 2.25. The van der Waals surface area contributed by atoms with Crippen LogP contribution in [-0.2, 0) is 10.0 Å². The second-order valence-electron chi connectivity index (χ2n) is 4.84. The van der Waals surface area contributed by atoms with Gasteiger partial charge in [0.25, 0.3) is 0 Å². The molecule has 0 aromatic heterocycles. The summed E-state index contributed by atoms with van der Waals surface area (Å²) in [5.74, 6) is -0.290. The number of unbranched alkanes of at least 4 members (excludes halogenated alkanes) is 1. The molecule has 0 radical (unpaired) electrons. The average Bonchev–Trinajstić information content (AvgIpc) is 2.42. The molecular formula is C14H23FN2O2S. The first kappa shape index (κ1) is 17.1. The second kappa shape index (κ2) is 7.71. The molecule has 0 fully saturated rings. The number of halogens is 1. The summed E-state index contributed by atoms with van der Waals surface area (Å²) in [5.41, 5.74) is 0.397. The van der Waals surface area contributed by atoms with Crippen molar-refractivity contribution in [3.8, 4) is 0 Å². The molecule has 114 valence electrons. The minimum Gasteiger partial charge on any atom is -0.320 e. The lowest BCUT2D eigenvalue weighted by Crippen LogP contribution is -2.32. The molecule has 0 amide bonds. The van der Waals surface area contributed by atoms with Crippen LogP contribution in [-0.4, -0.2) is 39.1 Å². The van der Waals surface area contributed by atoms with Crippen LogP contribution in [0.4, 0.5) is 4.39 Å². The maximum Gasteiger partial charge on any atom is 0.214 e. The van der Waals surface area contributed by atoms with Crippen LogP contribution in [0, 0.1) is 5.82 Å². The van der Waals surface area contributed by atoms with Gasteiger partial charge in [0.15, 0.2) is 0 Å². The maximum absolute atomic E-state index is 13.7. The zero-order valence-corrected chi connectivity index (χ0v) is 13.1. The maximum atomic E-state index is 13.7. The van der Waals surface area contributed by atoms with Crippen LogP contribution >= 0.6 is 0 Å². The van der Waals surface area contributed by atoms with E-state index in [9.17, 15) is 12.8 Å². The van der Waals surface area contributed by atoms with Gasteiger partial charge in [0, 0.05) is 18.7 Å². The summed E-state index contributed by atoms with van der Waals surface area (Å²) in [5, 5.41) is 2.98. The van der Waals surface area contributed by atoms with Crippen molar-refractivity contribution in [2.24, 2.45) is 0 Å². The number of rotatable bonds is 8. The van der Waals surface area contributed by atoms with Crippen molar-refractivity contribution in [2.45, 2.75) is 25.8 Å². The number of nitrogens with zero attached hydrogens (tertiary/aromatic N) is 1. The molecule has 1 N–H and O–H groups in total. The Hall–Kier alpha value is -0.980. The molecule has 1 rings (SSSR count). The number of benzene rings is 1. The third kappa shape index (κ3) is 4.54. The quantitative estimate of drug-likeness (QED) is 0.749. The Morgan fingerprint density at radius 1 is 1.30 bits per heavy atom. The molecule has 0 saturated carbocycles. The second-order valence-corrected chi connectivity index (χ2v) is 6.99. The molecule has 0 bridgehead atoms. The van der Waals surface area contributed by atoms with E-state index in [0.717, 1.165) is 13.0 Å². The zero-order valence-electron chi connectivity index (χ0n) is 12.3. The molecule has 1 atom stereocenters. The van der Waals surface area contributed by atoms with E-state index in [1.165, 1.54) is 17.4 Å². The van der Waals surface area contributed by atoms with Gasteiger partial charge in [0.05, 0.1) is 5.75 Å². The van der Waals surface area contributed by atoms with Crippen molar-refractivity contribution in [2.75, 3.05) is 26.4 Å². The molecule has 4 nitrogen and oxygen atoms in total. The molecule has 0 saturated heterocycles. The van der Waals surface area contributed by atoms with Crippen molar-refractivity contribution in [1.82, 2.24) is 9.62 Å². The van der Waals surface area contributed by atoms with Gasteiger partial charge in [0.1, 0.15) is 5.82 Å². The van der Waals surface area contributed by atoms with E-state index in [4.69, 9.17) is 0 Å². The predicted molar refractivity (Wildman–Crippen MR) is 79.5 cm³/mol. The first-order chi connectivity index (χ1) is 9.40. The number of hydrogen-bond acceptors (Lipinski definition) is 3. The Bertz CT molecular complexity index is 520. The largest absolute Gasteiger partial charge is 0.320 e. The van der Waals surface area contributed by atoms with Gasteiger partial charge in [0.2, 0.25) is 10.0 Å². The van der Waals surface area contributed by atoms with Crippen molar-refractivity contribution in [3.63, 3.8) is 0 Å². The van der Waals surface area contributed by atoms with Crippen molar-refractivity contribution in [1.29, 1.82) is 0 Å².